The predicted molar refractivity (Wildman–Crippen MR) is 77.6 cm³/mol. The van der Waals surface area contributed by atoms with Crippen LogP contribution in [0.3, 0.4) is 0 Å². The molecule has 0 aromatic rings. The quantitative estimate of drug-likeness (QED) is 0.257. The van der Waals surface area contributed by atoms with Crippen molar-refractivity contribution < 1.29 is 33.8 Å². The molecule has 124 valence electrons. The van der Waals surface area contributed by atoms with Gasteiger partial charge in [-0.1, -0.05) is 12.2 Å². The van der Waals surface area contributed by atoms with Crippen molar-refractivity contribution in [2.75, 3.05) is 27.7 Å². The predicted octanol–water partition coefficient (Wildman–Crippen LogP) is -0.278. The normalized spacial score (nSPS) is 13.4. The van der Waals surface area contributed by atoms with Crippen molar-refractivity contribution in [1.29, 1.82) is 0 Å². The topological polar surface area (TPSA) is 104 Å². The lowest BCUT2D eigenvalue weighted by Gasteiger charge is -2.29. The number of esters is 1. The molecule has 0 aliphatic heterocycles. The Hall–Kier alpha value is -2.15. The second-order valence-corrected chi connectivity index (χ2v) is 5.83. The van der Waals surface area contributed by atoms with Crippen LogP contribution in [0.2, 0.25) is 0 Å². The molecule has 7 heteroatoms. The van der Waals surface area contributed by atoms with E-state index in [4.69, 9.17) is 9.84 Å². The van der Waals surface area contributed by atoms with Crippen molar-refractivity contribution in [2.45, 2.75) is 25.4 Å². The number of quaternary nitrogens is 1. The van der Waals surface area contributed by atoms with Gasteiger partial charge in [-0.2, -0.15) is 0 Å². The van der Waals surface area contributed by atoms with Crippen LogP contribution in [0, 0.1) is 0 Å². The summed E-state index contributed by atoms with van der Waals surface area (Å²) in [6.07, 6.45) is 5.14. The van der Waals surface area contributed by atoms with Gasteiger partial charge in [-0.15, -0.1) is 0 Å². The van der Waals surface area contributed by atoms with Crippen LogP contribution in [0.5, 0.6) is 0 Å². The summed E-state index contributed by atoms with van der Waals surface area (Å²) in [5, 5.41) is 19.1. The number of aliphatic carboxylic acids is 2. The molecular formula is C15H23NO6. The van der Waals surface area contributed by atoms with E-state index >= 15 is 0 Å². The molecule has 0 fully saturated rings. The number of rotatable bonds is 10. The molecule has 0 spiro atoms. The van der Waals surface area contributed by atoms with Crippen molar-refractivity contribution in [2.24, 2.45) is 0 Å². The van der Waals surface area contributed by atoms with Gasteiger partial charge < -0.3 is 24.2 Å². The largest absolute Gasteiger partial charge is 0.550 e. The van der Waals surface area contributed by atoms with Crippen LogP contribution in [-0.4, -0.2) is 61.3 Å². The smallest absolute Gasteiger partial charge is 0.330 e. The summed E-state index contributed by atoms with van der Waals surface area (Å²) in [6.45, 7) is 0.356. The van der Waals surface area contributed by atoms with Gasteiger partial charge in [0.1, 0.15) is 6.54 Å². The van der Waals surface area contributed by atoms with E-state index in [9.17, 15) is 19.5 Å². The molecular weight excluding hydrogens is 290 g/mol. The molecule has 0 amide bonds. The highest BCUT2D eigenvalue weighted by Crippen LogP contribution is 2.05. The molecule has 0 rings (SSSR count). The van der Waals surface area contributed by atoms with E-state index in [0.29, 0.717) is 23.9 Å². The van der Waals surface area contributed by atoms with Gasteiger partial charge in [0.2, 0.25) is 0 Å². The fraction of sp³-hybridized carbons (Fsp3) is 0.533. The monoisotopic (exact) mass is 313 g/mol. The van der Waals surface area contributed by atoms with E-state index in [1.54, 1.807) is 6.08 Å². The third kappa shape index (κ3) is 12.9. The highest BCUT2D eigenvalue weighted by Gasteiger charge is 2.21. The number of ether oxygens (including phenoxy) is 1. The van der Waals surface area contributed by atoms with Gasteiger partial charge in [-0.25, -0.2) is 9.59 Å². The zero-order valence-corrected chi connectivity index (χ0v) is 13.2. The van der Waals surface area contributed by atoms with Crippen molar-refractivity contribution in [3.63, 3.8) is 0 Å². The van der Waals surface area contributed by atoms with Crippen molar-refractivity contribution in [3.8, 4) is 0 Å². The first-order chi connectivity index (χ1) is 10.1. The maximum atomic E-state index is 11.6. The second kappa shape index (κ2) is 9.73. The minimum atomic E-state index is -1.27. The first-order valence-electron chi connectivity index (χ1n) is 6.87. The Morgan fingerprint density at radius 2 is 1.68 bits per heavy atom. The minimum absolute atomic E-state index is 0.351. The molecule has 0 saturated carbocycles. The average molecular weight is 313 g/mol. The minimum Gasteiger partial charge on any atom is -0.550 e. The van der Waals surface area contributed by atoms with Crippen LogP contribution < -0.4 is 5.11 Å². The number of likely N-dealkylation sites (N-methyl/N-ethyl adjacent to an activating group) is 1. The molecule has 1 atom stereocenters. The van der Waals surface area contributed by atoms with Crippen LogP contribution in [0.1, 0.15) is 19.3 Å². The first-order valence-corrected chi connectivity index (χ1v) is 6.87. The maximum absolute atomic E-state index is 11.6. The Bertz CT molecular complexity index is 447. The van der Waals surface area contributed by atoms with Crippen molar-refractivity contribution in [1.82, 2.24) is 0 Å². The van der Waals surface area contributed by atoms with E-state index in [-0.39, 0.29) is 6.42 Å². The van der Waals surface area contributed by atoms with Crippen molar-refractivity contribution >= 4 is 17.9 Å². The van der Waals surface area contributed by atoms with Crippen LogP contribution in [0.4, 0.5) is 0 Å². The van der Waals surface area contributed by atoms with E-state index < -0.39 is 24.0 Å². The Kier molecular flexibility index (Phi) is 8.78. The van der Waals surface area contributed by atoms with Crippen LogP contribution in [0.25, 0.3) is 0 Å². The standard InChI is InChI=1S/C15H23NO6/c1-16(2,3)11-12(10-14(19)20)22-15(21)9-7-5-4-6-8-13(17)18/h6-9,12H,4-5,10-11H2,1-3H3,(H-,17,18,19,20)/b8-6+,9-7+. The SMILES string of the molecule is C[N+](C)(C)CC(CC(=O)[O-])OC(=O)/C=C/CC/C=C/C(=O)O. The van der Waals surface area contributed by atoms with Gasteiger partial charge in [-0.3, -0.25) is 0 Å². The molecule has 0 aliphatic carbocycles. The van der Waals surface area contributed by atoms with E-state index in [1.165, 1.54) is 12.2 Å². The summed E-state index contributed by atoms with van der Waals surface area (Å²) in [5.74, 6) is -2.91. The lowest BCUT2D eigenvalue weighted by Crippen LogP contribution is -2.45. The van der Waals surface area contributed by atoms with E-state index in [0.717, 1.165) is 6.08 Å². The molecule has 0 saturated heterocycles. The molecule has 1 unspecified atom stereocenters. The van der Waals surface area contributed by atoms with Gasteiger partial charge in [0.25, 0.3) is 0 Å². The van der Waals surface area contributed by atoms with Gasteiger partial charge >= 0.3 is 11.9 Å². The van der Waals surface area contributed by atoms with E-state index in [1.807, 2.05) is 21.1 Å². The molecule has 0 aromatic heterocycles. The fourth-order valence-corrected chi connectivity index (χ4v) is 1.70. The lowest BCUT2D eigenvalue weighted by molar-refractivity contribution is -0.873. The average Bonchev–Trinajstić information content (AvgIpc) is 2.29. The number of carboxylic acid groups (broad SMARTS) is 2. The number of carboxylic acids is 2. The molecule has 1 N–H and O–H groups in total. The number of carbonyl (C=O) groups excluding carboxylic acids is 2. The Balaban J connectivity index is 4.32. The van der Waals surface area contributed by atoms with Crippen LogP contribution in [0.15, 0.2) is 24.3 Å². The van der Waals surface area contributed by atoms with Crippen molar-refractivity contribution in [3.05, 3.63) is 24.3 Å². The molecule has 0 bridgehead atoms. The zero-order chi connectivity index (χ0) is 17.2. The Labute approximate surface area is 130 Å². The number of hydrogen-bond donors (Lipinski definition) is 1. The molecule has 0 radical (unpaired) electrons. The molecule has 22 heavy (non-hydrogen) atoms. The van der Waals surface area contributed by atoms with Gasteiger partial charge in [0.05, 0.1) is 21.1 Å². The summed E-state index contributed by atoms with van der Waals surface area (Å²) in [5.41, 5.74) is 0. The Morgan fingerprint density at radius 3 is 2.14 bits per heavy atom. The molecule has 0 heterocycles. The molecule has 0 aromatic carbocycles. The third-order valence-electron chi connectivity index (χ3n) is 2.44. The lowest BCUT2D eigenvalue weighted by atomic mass is 10.2. The number of carbonyl (C=O) groups is 3. The highest BCUT2D eigenvalue weighted by molar-refractivity contribution is 5.82. The summed E-state index contributed by atoms with van der Waals surface area (Å²) < 4.78 is 5.56. The van der Waals surface area contributed by atoms with E-state index in [2.05, 4.69) is 0 Å². The third-order valence-corrected chi connectivity index (χ3v) is 2.44. The summed E-state index contributed by atoms with van der Waals surface area (Å²) >= 11 is 0. The summed E-state index contributed by atoms with van der Waals surface area (Å²) in [4.78, 5) is 32.5. The van der Waals surface area contributed by atoms with Crippen LogP contribution >= 0.6 is 0 Å². The van der Waals surface area contributed by atoms with Crippen LogP contribution in [-0.2, 0) is 19.1 Å². The molecule has 7 nitrogen and oxygen atoms in total. The number of allylic oxidation sites excluding steroid dienone is 2. The first kappa shape index (κ1) is 19.9. The maximum Gasteiger partial charge on any atom is 0.330 e. The van der Waals surface area contributed by atoms with Gasteiger partial charge in [-0.05, 0) is 12.8 Å². The zero-order valence-electron chi connectivity index (χ0n) is 13.2. The highest BCUT2D eigenvalue weighted by atomic mass is 16.5. The molecule has 0 aliphatic rings. The van der Waals surface area contributed by atoms with Gasteiger partial charge in [0.15, 0.2) is 6.10 Å². The second-order valence-electron chi connectivity index (χ2n) is 5.83. The van der Waals surface area contributed by atoms with Gasteiger partial charge in [0, 0.05) is 24.5 Å². The summed E-state index contributed by atoms with van der Waals surface area (Å²) in [6, 6.07) is 0. The number of unbranched alkanes of at least 4 members (excludes halogenated alkanes) is 1. The Morgan fingerprint density at radius 1 is 1.14 bits per heavy atom. The number of hydrogen-bond acceptors (Lipinski definition) is 5. The number of nitrogens with zero attached hydrogens (tertiary/aromatic N) is 1. The summed E-state index contributed by atoms with van der Waals surface area (Å²) in [7, 11) is 5.59. The fourth-order valence-electron chi connectivity index (χ4n) is 1.70.